The van der Waals surface area contributed by atoms with Crippen LogP contribution in [0.3, 0.4) is 0 Å². The van der Waals surface area contributed by atoms with E-state index in [1.165, 1.54) is 6.07 Å². The Labute approximate surface area is 98.9 Å². The molecule has 3 nitrogen and oxygen atoms in total. The van der Waals surface area contributed by atoms with Crippen LogP contribution in [0.2, 0.25) is 0 Å². The lowest BCUT2D eigenvalue weighted by molar-refractivity contribution is 0.112. The van der Waals surface area contributed by atoms with Crippen LogP contribution in [-0.2, 0) is 6.54 Å². The summed E-state index contributed by atoms with van der Waals surface area (Å²) in [6.45, 7) is 2.87. The molecule has 0 aliphatic rings. The van der Waals surface area contributed by atoms with Crippen molar-refractivity contribution in [2.45, 2.75) is 19.9 Å². The molecule has 0 amide bonds. The van der Waals surface area contributed by atoms with Gasteiger partial charge in [-0.3, -0.25) is 9.48 Å². The van der Waals surface area contributed by atoms with Gasteiger partial charge in [0.2, 0.25) is 0 Å². The molecule has 0 fully saturated rings. The molecule has 2 aromatic rings. The summed E-state index contributed by atoms with van der Waals surface area (Å²) in [6, 6.07) is 4.44. The maximum absolute atomic E-state index is 13.7. The van der Waals surface area contributed by atoms with Crippen LogP contribution in [0.25, 0.3) is 11.1 Å². The predicted molar refractivity (Wildman–Crippen MR) is 63.3 cm³/mol. The van der Waals surface area contributed by atoms with Crippen molar-refractivity contribution in [2.24, 2.45) is 0 Å². The van der Waals surface area contributed by atoms with Gasteiger partial charge in [-0.05, 0) is 12.5 Å². The van der Waals surface area contributed by atoms with Gasteiger partial charge in [0.15, 0.2) is 0 Å². The minimum atomic E-state index is -0.398. The van der Waals surface area contributed by atoms with E-state index in [1.807, 2.05) is 6.20 Å². The van der Waals surface area contributed by atoms with E-state index in [2.05, 4.69) is 12.0 Å². The fourth-order valence-corrected chi connectivity index (χ4v) is 1.69. The molecule has 88 valence electrons. The number of nitrogens with zero attached hydrogens (tertiary/aromatic N) is 2. The smallest absolute Gasteiger partial charge is 0.150 e. The molecular weight excluding hydrogens is 219 g/mol. The minimum absolute atomic E-state index is 0.340. The number of aromatic nitrogens is 2. The van der Waals surface area contributed by atoms with Gasteiger partial charge in [0.05, 0.1) is 6.20 Å². The number of aldehydes is 1. The van der Waals surface area contributed by atoms with Crippen LogP contribution in [0.4, 0.5) is 4.39 Å². The first-order chi connectivity index (χ1) is 8.24. The molecule has 4 heteroatoms. The first kappa shape index (κ1) is 11.5. The van der Waals surface area contributed by atoms with Gasteiger partial charge in [-0.25, -0.2) is 4.39 Å². The second kappa shape index (κ2) is 4.91. The second-order valence-electron chi connectivity index (χ2n) is 3.85. The van der Waals surface area contributed by atoms with Gasteiger partial charge >= 0.3 is 0 Å². The van der Waals surface area contributed by atoms with Gasteiger partial charge < -0.3 is 0 Å². The van der Waals surface area contributed by atoms with Crippen molar-refractivity contribution < 1.29 is 9.18 Å². The first-order valence-electron chi connectivity index (χ1n) is 5.52. The summed E-state index contributed by atoms with van der Waals surface area (Å²) in [5.41, 5.74) is 1.54. The molecule has 0 aliphatic carbocycles. The topological polar surface area (TPSA) is 34.9 Å². The molecule has 0 saturated carbocycles. The molecule has 0 aliphatic heterocycles. The number of halogens is 1. The predicted octanol–water partition coefficient (Wildman–Crippen LogP) is 2.91. The minimum Gasteiger partial charge on any atom is -0.298 e. The molecular formula is C13H13FN2O. The number of carbonyl (C=O) groups is 1. The molecule has 1 aromatic heterocycles. The lowest BCUT2D eigenvalue weighted by Gasteiger charge is -2.00. The zero-order valence-electron chi connectivity index (χ0n) is 9.56. The number of carbonyl (C=O) groups excluding carboxylic acids is 1. The molecule has 1 heterocycles. The monoisotopic (exact) mass is 232 g/mol. The van der Waals surface area contributed by atoms with E-state index < -0.39 is 5.82 Å². The number of aryl methyl sites for hydroxylation is 1. The Hall–Kier alpha value is -1.97. The van der Waals surface area contributed by atoms with E-state index in [-0.39, 0.29) is 0 Å². The van der Waals surface area contributed by atoms with Crippen LogP contribution < -0.4 is 0 Å². The maximum atomic E-state index is 13.7. The van der Waals surface area contributed by atoms with Gasteiger partial charge in [-0.1, -0.05) is 19.1 Å². The van der Waals surface area contributed by atoms with Gasteiger partial charge in [0.1, 0.15) is 12.1 Å². The highest BCUT2D eigenvalue weighted by Gasteiger charge is 2.08. The van der Waals surface area contributed by atoms with Crippen molar-refractivity contribution in [3.05, 3.63) is 42.0 Å². The fraction of sp³-hybridized carbons (Fsp3) is 0.231. The van der Waals surface area contributed by atoms with Gasteiger partial charge in [0, 0.05) is 29.4 Å². The van der Waals surface area contributed by atoms with Crippen molar-refractivity contribution >= 4 is 6.29 Å². The second-order valence-corrected chi connectivity index (χ2v) is 3.85. The van der Waals surface area contributed by atoms with Crippen LogP contribution in [0.15, 0.2) is 30.6 Å². The van der Waals surface area contributed by atoms with E-state index in [4.69, 9.17) is 0 Å². The molecule has 0 saturated heterocycles. The third kappa shape index (κ3) is 2.41. The summed E-state index contributed by atoms with van der Waals surface area (Å²) in [4.78, 5) is 10.5. The zero-order valence-corrected chi connectivity index (χ0v) is 9.56. The largest absolute Gasteiger partial charge is 0.298 e. The summed E-state index contributed by atoms with van der Waals surface area (Å²) in [7, 11) is 0. The Morgan fingerprint density at radius 3 is 2.94 bits per heavy atom. The number of rotatable bonds is 4. The van der Waals surface area contributed by atoms with E-state index in [9.17, 15) is 9.18 Å². The summed E-state index contributed by atoms with van der Waals surface area (Å²) in [5.74, 6) is -0.398. The Morgan fingerprint density at radius 2 is 2.29 bits per heavy atom. The van der Waals surface area contributed by atoms with Crippen LogP contribution in [0, 0.1) is 5.82 Å². The van der Waals surface area contributed by atoms with Crippen molar-refractivity contribution in [3.8, 4) is 11.1 Å². The SMILES string of the molecule is CCCn1cc(-c2ccc(C=O)cc2F)cn1. The molecule has 0 radical (unpaired) electrons. The molecule has 0 atom stereocenters. The Balaban J connectivity index is 2.35. The molecule has 0 unspecified atom stereocenters. The van der Waals surface area contributed by atoms with Crippen molar-refractivity contribution in [1.29, 1.82) is 0 Å². The molecule has 1 aromatic carbocycles. The van der Waals surface area contributed by atoms with E-state index in [0.29, 0.717) is 17.4 Å². The molecule has 0 spiro atoms. The average Bonchev–Trinajstić information content (AvgIpc) is 2.78. The lowest BCUT2D eigenvalue weighted by Crippen LogP contribution is -1.95. The molecule has 2 rings (SSSR count). The molecule has 0 N–H and O–H groups in total. The third-order valence-electron chi connectivity index (χ3n) is 2.53. The van der Waals surface area contributed by atoms with Crippen molar-refractivity contribution in [2.75, 3.05) is 0 Å². The van der Waals surface area contributed by atoms with Gasteiger partial charge in [-0.15, -0.1) is 0 Å². The first-order valence-corrected chi connectivity index (χ1v) is 5.52. The van der Waals surface area contributed by atoms with Gasteiger partial charge in [-0.2, -0.15) is 5.10 Å². The zero-order chi connectivity index (χ0) is 12.3. The highest BCUT2D eigenvalue weighted by Crippen LogP contribution is 2.22. The molecule has 17 heavy (non-hydrogen) atoms. The van der Waals surface area contributed by atoms with E-state index in [0.717, 1.165) is 18.5 Å². The Morgan fingerprint density at radius 1 is 1.47 bits per heavy atom. The quantitative estimate of drug-likeness (QED) is 0.760. The average molecular weight is 232 g/mol. The Kier molecular flexibility index (Phi) is 3.32. The summed E-state index contributed by atoms with van der Waals surface area (Å²) >= 11 is 0. The van der Waals surface area contributed by atoms with Crippen molar-refractivity contribution in [3.63, 3.8) is 0 Å². The highest BCUT2D eigenvalue weighted by atomic mass is 19.1. The normalized spacial score (nSPS) is 10.5. The van der Waals surface area contributed by atoms with Crippen LogP contribution >= 0.6 is 0 Å². The lowest BCUT2D eigenvalue weighted by atomic mass is 10.1. The van der Waals surface area contributed by atoms with Gasteiger partial charge in [0.25, 0.3) is 0 Å². The number of hydrogen-bond donors (Lipinski definition) is 0. The summed E-state index contributed by atoms with van der Waals surface area (Å²) < 4.78 is 15.5. The van der Waals surface area contributed by atoms with E-state index in [1.54, 1.807) is 23.0 Å². The standard InChI is InChI=1S/C13H13FN2O/c1-2-5-16-8-11(7-15-16)12-4-3-10(9-17)6-13(12)14/h3-4,6-9H,2,5H2,1H3. The molecule has 0 bridgehead atoms. The Bertz CT molecular complexity index is 534. The van der Waals surface area contributed by atoms with Crippen LogP contribution in [-0.4, -0.2) is 16.1 Å². The number of benzene rings is 1. The fourth-order valence-electron chi connectivity index (χ4n) is 1.69. The number of hydrogen-bond acceptors (Lipinski definition) is 2. The highest BCUT2D eigenvalue weighted by molar-refractivity contribution is 5.77. The van der Waals surface area contributed by atoms with E-state index >= 15 is 0 Å². The third-order valence-corrected chi connectivity index (χ3v) is 2.53. The van der Waals surface area contributed by atoms with Crippen LogP contribution in [0.1, 0.15) is 23.7 Å². The maximum Gasteiger partial charge on any atom is 0.150 e. The summed E-state index contributed by atoms with van der Waals surface area (Å²) in [5, 5.41) is 4.15. The van der Waals surface area contributed by atoms with Crippen molar-refractivity contribution in [1.82, 2.24) is 9.78 Å². The van der Waals surface area contributed by atoms with Crippen LogP contribution in [0.5, 0.6) is 0 Å². The summed E-state index contributed by atoms with van der Waals surface area (Å²) in [6.07, 6.45) is 5.05.